The Morgan fingerprint density at radius 1 is 1.13 bits per heavy atom. The van der Waals surface area contributed by atoms with Crippen molar-refractivity contribution in [2.45, 2.75) is 32.7 Å². The molecule has 0 saturated carbocycles. The molecule has 0 spiro atoms. The molecule has 0 radical (unpaired) electrons. The van der Waals surface area contributed by atoms with E-state index < -0.39 is 0 Å². The fourth-order valence-corrected chi connectivity index (χ4v) is 3.70. The largest absolute Gasteiger partial charge is 0.497 e. The van der Waals surface area contributed by atoms with E-state index in [9.17, 15) is 4.79 Å². The van der Waals surface area contributed by atoms with Crippen molar-refractivity contribution in [2.24, 2.45) is 5.92 Å². The summed E-state index contributed by atoms with van der Waals surface area (Å²) in [5.74, 6) is 2.12. The van der Waals surface area contributed by atoms with Crippen LogP contribution >= 0.6 is 0 Å². The highest BCUT2D eigenvalue weighted by molar-refractivity contribution is 5.91. The van der Waals surface area contributed by atoms with Gasteiger partial charge in [-0.25, -0.2) is 0 Å². The molecule has 1 aliphatic heterocycles. The van der Waals surface area contributed by atoms with Gasteiger partial charge in [-0.15, -0.1) is 0 Å². The van der Waals surface area contributed by atoms with E-state index in [1.54, 1.807) is 7.11 Å². The Labute approximate surface area is 182 Å². The highest BCUT2D eigenvalue weighted by Gasteiger charge is 2.16. The van der Waals surface area contributed by atoms with E-state index in [1.807, 2.05) is 36.4 Å². The molecule has 1 N–H and O–H groups in total. The Hall–Kier alpha value is -3.19. The van der Waals surface area contributed by atoms with Gasteiger partial charge >= 0.3 is 0 Å². The number of carbonyl (C=O) groups excluding carboxylic acids is 1. The lowest BCUT2D eigenvalue weighted by Crippen LogP contribution is -2.32. The Morgan fingerprint density at radius 3 is 2.52 bits per heavy atom. The number of nitrogens with zero attached hydrogens (tertiary/aromatic N) is 3. The van der Waals surface area contributed by atoms with E-state index in [2.05, 4.69) is 39.4 Å². The van der Waals surface area contributed by atoms with E-state index >= 15 is 0 Å². The van der Waals surface area contributed by atoms with Gasteiger partial charge in [0.15, 0.2) is 0 Å². The van der Waals surface area contributed by atoms with Crippen molar-refractivity contribution in [3.05, 3.63) is 60.0 Å². The van der Waals surface area contributed by atoms with Crippen molar-refractivity contribution in [2.75, 3.05) is 25.5 Å². The molecular weight excluding hydrogens is 392 g/mol. The zero-order valence-corrected chi connectivity index (χ0v) is 18.0. The van der Waals surface area contributed by atoms with Crippen LogP contribution < -0.4 is 10.1 Å². The van der Waals surface area contributed by atoms with Gasteiger partial charge in [-0.3, -0.25) is 9.69 Å². The molecule has 0 aliphatic carbocycles. The van der Waals surface area contributed by atoms with Gasteiger partial charge in [0.05, 0.1) is 7.11 Å². The number of aromatic nitrogens is 2. The molecular formula is C24H28N4O3. The molecule has 3 aromatic rings. The fraction of sp³-hybridized carbons (Fsp3) is 0.375. The number of rotatable bonds is 7. The van der Waals surface area contributed by atoms with Crippen LogP contribution in [-0.4, -0.2) is 41.1 Å². The maximum absolute atomic E-state index is 12.4. The average Bonchev–Trinajstić information content (AvgIpc) is 3.25. The van der Waals surface area contributed by atoms with Crippen LogP contribution in [0.5, 0.6) is 5.75 Å². The van der Waals surface area contributed by atoms with Crippen molar-refractivity contribution in [3.8, 4) is 17.1 Å². The summed E-state index contributed by atoms with van der Waals surface area (Å²) in [4.78, 5) is 19.2. The normalized spacial score (nSPS) is 15.0. The van der Waals surface area contributed by atoms with Gasteiger partial charge in [0, 0.05) is 17.8 Å². The molecule has 2 heterocycles. The highest BCUT2D eigenvalue weighted by atomic mass is 16.5. The number of benzene rings is 2. The topological polar surface area (TPSA) is 80.5 Å². The molecule has 4 rings (SSSR count). The molecule has 1 aliphatic rings. The number of methoxy groups -OCH3 is 1. The number of hydrogen-bond donors (Lipinski definition) is 1. The van der Waals surface area contributed by atoms with Crippen molar-refractivity contribution in [1.82, 2.24) is 15.0 Å². The van der Waals surface area contributed by atoms with Gasteiger partial charge < -0.3 is 14.6 Å². The van der Waals surface area contributed by atoms with Crippen molar-refractivity contribution in [1.29, 1.82) is 0 Å². The molecule has 1 amide bonds. The smallest absolute Gasteiger partial charge is 0.236 e. The summed E-state index contributed by atoms with van der Waals surface area (Å²) in [7, 11) is 1.61. The molecule has 7 heteroatoms. The predicted molar refractivity (Wildman–Crippen MR) is 119 cm³/mol. The van der Waals surface area contributed by atoms with Crippen molar-refractivity contribution in [3.63, 3.8) is 0 Å². The lowest BCUT2D eigenvalue weighted by Gasteiger charge is -2.30. The minimum absolute atomic E-state index is 0.0247. The van der Waals surface area contributed by atoms with Gasteiger partial charge in [0.2, 0.25) is 17.6 Å². The van der Waals surface area contributed by atoms with Gasteiger partial charge in [-0.1, -0.05) is 24.2 Å². The van der Waals surface area contributed by atoms with Crippen molar-refractivity contribution >= 4 is 11.6 Å². The third-order valence-corrected chi connectivity index (χ3v) is 5.65. The second-order valence-corrected chi connectivity index (χ2v) is 8.12. The third kappa shape index (κ3) is 5.70. The monoisotopic (exact) mass is 420 g/mol. The Kier molecular flexibility index (Phi) is 6.62. The van der Waals surface area contributed by atoms with Gasteiger partial charge in [0.25, 0.3) is 0 Å². The zero-order valence-electron chi connectivity index (χ0n) is 18.0. The SMILES string of the molecule is COc1ccc(-c2noc(CC(=O)Nc3ccc(CN4CCC(C)CC4)cc3)n2)cc1. The Morgan fingerprint density at radius 2 is 1.84 bits per heavy atom. The first-order valence-electron chi connectivity index (χ1n) is 10.7. The summed E-state index contributed by atoms with van der Waals surface area (Å²) in [5.41, 5.74) is 2.82. The number of carbonyl (C=O) groups is 1. The minimum atomic E-state index is -0.192. The molecule has 31 heavy (non-hydrogen) atoms. The second kappa shape index (κ2) is 9.75. The summed E-state index contributed by atoms with van der Waals surface area (Å²) < 4.78 is 10.4. The minimum Gasteiger partial charge on any atom is -0.497 e. The first-order chi connectivity index (χ1) is 15.1. The van der Waals surface area contributed by atoms with E-state index in [4.69, 9.17) is 9.26 Å². The van der Waals surface area contributed by atoms with E-state index in [1.165, 1.54) is 18.4 Å². The molecule has 162 valence electrons. The first-order valence-corrected chi connectivity index (χ1v) is 10.7. The van der Waals surface area contributed by atoms with Gasteiger partial charge in [-0.05, 0) is 73.8 Å². The number of piperidine rings is 1. The molecule has 1 aromatic heterocycles. The lowest BCUT2D eigenvalue weighted by atomic mass is 9.99. The number of nitrogens with one attached hydrogen (secondary N) is 1. The quantitative estimate of drug-likeness (QED) is 0.618. The maximum atomic E-state index is 12.4. The zero-order chi connectivity index (χ0) is 21.6. The molecule has 7 nitrogen and oxygen atoms in total. The number of amides is 1. The van der Waals surface area contributed by atoms with E-state index in [0.717, 1.165) is 42.6 Å². The fourth-order valence-electron chi connectivity index (χ4n) is 3.70. The van der Waals surface area contributed by atoms with Crippen molar-refractivity contribution < 1.29 is 14.1 Å². The summed E-state index contributed by atoms with van der Waals surface area (Å²) in [5, 5.41) is 6.86. The van der Waals surface area contributed by atoms with E-state index in [-0.39, 0.29) is 18.2 Å². The first kappa shape index (κ1) is 21.1. The van der Waals surface area contributed by atoms with Crippen LogP contribution in [0.15, 0.2) is 53.1 Å². The third-order valence-electron chi connectivity index (χ3n) is 5.65. The maximum Gasteiger partial charge on any atom is 0.236 e. The average molecular weight is 421 g/mol. The Balaban J connectivity index is 1.29. The summed E-state index contributed by atoms with van der Waals surface area (Å²) >= 11 is 0. The van der Waals surface area contributed by atoms with Crippen LogP contribution in [0.1, 0.15) is 31.2 Å². The summed E-state index contributed by atoms with van der Waals surface area (Å²) in [6, 6.07) is 15.4. The molecule has 2 aromatic carbocycles. The predicted octanol–water partition coefficient (Wildman–Crippen LogP) is 4.16. The second-order valence-electron chi connectivity index (χ2n) is 8.12. The molecule has 1 fully saturated rings. The molecule has 1 saturated heterocycles. The van der Waals surface area contributed by atoms with Crippen LogP contribution in [0.2, 0.25) is 0 Å². The highest BCUT2D eigenvalue weighted by Crippen LogP contribution is 2.21. The molecule has 0 atom stereocenters. The number of hydrogen-bond acceptors (Lipinski definition) is 6. The summed E-state index contributed by atoms with van der Waals surface area (Å²) in [6.07, 6.45) is 2.56. The van der Waals surface area contributed by atoms with Gasteiger partial charge in [-0.2, -0.15) is 4.98 Å². The van der Waals surface area contributed by atoms with Crippen LogP contribution in [0.3, 0.4) is 0 Å². The molecule has 0 unspecified atom stereocenters. The standard InChI is InChI=1S/C24H28N4O3/c1-17-11-13-28(14-12-17)16-18-3-7-20(8-4-18)25-22(29)15-23-26-24(27-31-23)19-5-9-21(30-2)10-6-19/h3-10,17H,11-16H2,1-2H3,(H,25,29). The van der Waals surface area contributed by atoms with E-state index in [0.29, 0.717) is 5.82 Å². The number of ether oxygens (including phenoxy) is 1. The van der Waals surface area contributed by atoms with Crippen LogP contribution in [0.25, 0.3) is 11.4 Å². The summed E-state index contributed by atoms with van der Waals surface area (Å²) in [6.45, 7) is 5.59. The van der Waals surface area contributed by atoms with Gasteiger partial charge in [0.1, 0.15) is 12.2 Å². The number of likely N-dealkylation sites (tertiary alicyclic amines) is 1. The van der Waals surface area contributed by atoms with Crippen LogP contribution in [-0.2, 0) is 17.8 Å². The van der Waals surface area contributed by atoms with Crippen LogP contribution in [0.4, 0.5) is 5.69 Å². The number of anilines is 1. The van der Waals surface area contributed by atoms with Crippen LogP contribution in [0, 0.1) is 5.92 Å². The molecule has 0 bridgehead atoms. The lowest BCUT2D eigenvalue weighted by molar-refractivity contribution is -0.115. The Bertz CT molecular complexity index is 990.